The number of halogens is 2. The van der Waals surface area contributed by atoms with Crippen LogP contribution in [0.15, 0.2) is 22.7 Å². The number of hydrogen-bond acceptors (Lipinski definition) is 1. The topological polar surface area (TPSA) is 3.24 Å². The largest absolute Gasteiger partial charge is 0.299 e. The molecule has 1 nitrogen and oxygen atoms in total. The fourth-order valence-electron chi connectivity index (χ4n) is 1.88. The minimum absolute atomic E-state index is 0.183. The van der Waals surface area contributed by atoms with Crippen molar-refractivity contribution in [2.45, 2.75) is 31.8 Å². The summed E-state index contributed by atoms with van der Waals surface area (Å²) in [6, 6.07) is 5.63. The second-order valence-electron chi connectivity index (χ2n) is 4.24. The Kier molecular flexibility index (Phi) is 3.42. The number of benzene rings is 1. The Morgan fingerprint density at radius 1 is 1.47 bits per heavy atom. The van der Waals surface area contributed by atoms with Gasteiger partial charge in [0.05, 0.1) is 0 Å². The highest BCUT2D eigenvalue weighted by Crippen LogP contribution is 2.26. The van der Waals surface area contributed by atoms with E-state index in [0.717, 1.165) is 22.6 Å². The van der Waals surface area contributed by atoms with E-state index in [1.807, 2.05) is 6.07 Å². The van der Waals surface area contributed by atoms with Crippen LogP contribution in [-0.4, -0.2) is 18.0 Å². The first-order valence-corrected chi connectivity index (χ1v) is 6.10. The maximum absolute atomic E-state index is 12.9. The lowest BCUT2D eigenvalue weighted by atomic mass is 9.91. The summed E-state index contributed by atoms with van der Waals surface area (Å²) >= 11 is 3.40. The summed E-state index contributed by atoms with van der Waals surface area (Å²) < 4.78 is 13.7. The van der Waals surface area contributed by atoms with Crippen LogP contribution >= 0.6 is 15.9 Å². The highest BCUT2D eigenvalue weighted by molar-refractivity contribution is 9.10. The van der Waals surface area contributed by atoms with E-state index < -0.39 is 0 Å². The summed E-state index contributed by atoms with van der Waals surface area (Å²) in [6.07, 6.45) is 3.95. The van der Waals surface area contributed by atoms with Crippen LogP contribution < -0.4 is 0 Å². The summed E-state index contributed by atoms with van der Waals surface area (Å²) in [6.45, 7) is 0.894. The van der Waals surface area contributed by atoms with Crippen molar-refractivity contribution < 1.29 is 4.39 Å². The molecule has 0 aromatic heterocycles. The fraction of sp³-hybridized carbons (Fsp3) is 0.500. The average molecular weight is 272 g/mol. The van der Waals surface area contributed by atoms with Gasteiger partial charge in [-0.1, -0.05) is 28.4 Å². The molecule has 1 aliphatic rings. The first kappa shape index (κ1) is 11.1. The van der Waals surface area contributed by atoms with E-state index in [-0.39, 0.29) is 5.82 Å². The fourth-order valence-corrected chi connectivity index (χ4v) is 2.35. The third-order valence-electron chi connectivity index (χ3n) is 3.13. The zero-order chi connectivity index (χ0) is 10.8. The Morgan fingerprint density at radius 3 is 2.73 bits per heavy atom. The summed E-state index contributed by atoms with van der Waals surface area (Å²) in [4.78, 5) is 2.35. The van der Waals surface area contributed by atoms with Gasteiger partial charge < -0.3 is 0 Å². The summed E-state index contributed by atoms with van der Waals surface area (Å²) in [5, 5.41) is 0. The van der Waals surface area contributed by atoms with Crippen molar-refractivity contribution >= 4 is 15.9 Å². The smallest absolute Gasteiger partial charge is 0.124 e. The van der Waals surface area contributed by atoms with Crippen LogP contribution in [0.2, 0.25) is 0 Å². The summed E-state index contributed by atoms with van der Waals surface area (Å²) in [7, 11) is 2.14. The van der Waals surface area contributed by atoms with Crippen LogP contribution in [0.3, 0.4) is 0 Å². The Labute approximate surface area is 98.4 Å². The van der Waals surface area contributed by atoms with Crippen LogP contribution in [0, 0.1) is 5.82 Å². The van der Waals surface area contributed by atoms with Crippen LogP contribution in [0.4, 0.5) is 4.39 Å². The van der Waals surface area contributed by atoms with Gasteiger partial charge in [0, 0.05) is 17.1 Å². The number of hydrogen-bond donors (Lipinski definition) is 0. The number of nitrogens with zero attached hydrogens (tertiary/aromatic N) is 1. The van der Waals surface area contributed by atoms with Crippen LogP contribution in [-0.2, 0) is 6.54 Å². The number of rotatable bonds is 3. The van der Waals surface area contributed by atoms with Crippen molar-refractivity contribution in [2.75, 3.05) is 7.05 Å². The minimum Gasteiger partial charge on any atom is -0.299 e. The molecule has 15 heavy (non-hydrogen) atoms. The third kappa shape index (κ3) is 2.58. The molecule has 0 heterocycles. The van der Waals surface area contributed by atoms with Crippen molar-refractivity contribution in [1.82, 2.24) is 4.90 Å². The van der Waals surface area contributed by atoms with E-state index in [9.17, 15) is 4.39 Å². The van der Waals surface area contributed by atoms with Crippen molar-refractivity contribution in [3.8, 4) is 0 Å². The van der Waals surface area contributed by atoms with Gasteiger partial charge in [-0.3, -0.25) is 4.90 Å². The lowest BCUT2D eigenvalue weighted by Crippen LogP contribution is -2.36. The quantitative estimate of drug-likeness (QED) is 0.813. The Hall–Kier alpha value is -0.410. The van der Waals surface area contributed by atoms with Crippen molar-refractivity contribution in [1.29, 1.82) is 0 Å². The van der Waals surface area contributed by atoms with Gasteiger partial charge in [-0.25, -0.2) is 4.39 Å². The molecule has 0 atom stereocenters. The van der Waals surface area contributed by atoms with Crippen LogP contribution in [0.25, 0.3) is 0 Å². The molecule has 0 amide bonds. The molecule has 0 radical (unpaired) electrons. The van der Waals surface area contributed by atoms with Gasteiger partial charge in [0.2, 0.25) is 0 Å². The Balaban J connectivity index is 2.03. The second-order valence-corrected chi connectivity index (χ2v) is 5.09. The van der Waals surface area contributed by atoms with Crippen molar-refractivity contribution in [2.24, 2.45) is 0 Å². The molecule has 0 bridgehead atoms. The molecule has 0 saturated heterocycles. The molecule has 0 aliphatic heterocycles. The molecule has 82 valence electrons. The molecule has 0 N–H and O–H groups in total. The van der Waals surface area contributed by atoms with Crippen molar-refractivity contribution in [3.63, 3.8) is 0 Å². The Bertz CT molecular complexity index is 349. The van der Waals surface area contributed by atoms with Gasteiger partial charge in [-0.15, -0.1) is 0 Å². The van der Waals surface area contributed by atoms with Gasteiger partial charge in [0.15, 0.2) is 0 Å². The predicted octanol–water partition coefficient (Wildman–Crippen LogP) is 3.57. The first-order chi connectivity index (χ1) is 7.16. The zero-order valence-electron chi connectivity index (χ0n) is 8.84. The monoisotopic (exact) mass is 271 g/mol. The molecule has 2 rings (SSSR count). The van der Waals surface area contributed by atoms with Gasteiger partial charge in [0.25, 0.3) is 0 Å². The Morgan fingerprint density at radius 2 is 2.20 bits per heavy atom. The minimum atomic E-state index is -0.183. The van der Waals surface area contributed by atoms with Crippen LogP contribution in [0.5, 0.6) is 0 Å². The standard InChI is InChI=1S/C12H15BrFN/c1-15(11-3-2-4-11)8-9-5-6-10(14)7-12(9)13/h5-7,11H,2-4,8H2,1H3. The molecule has 0 unspecified atom stereocenters. The highest BCUT2D eigenvalue weighted by Gasteiger charge is 2.22. The SMILES string of the molecule is CN(Cc1ccc(F)cc1Br)C1CCC1. The maximum atomic E-state index is 12.9. The molecule has 1 aromatic rings. The summed E-state index contributed by atoms with van der Waals surface area (Å²) in [5.41, 5.74) is 1.16. The third-order valence-corrected chi connectivity index (χ3v) is 3.87. The van der Waals surface area contributed by atoms with Crippen molar-refractivity contribution in [3.05, 3.63) is 34.1 Å². The van der Waals surface area contributed by atoms with E-state index in [2.05, 4.69) is 27.9 Å². The molecule has 1 aromatic carbocycles. The zero-order valence-corrected chi connectivity index (χ0v) is 10.4. The van der Waals surface area contributed by atoms with Gasteiger partial charge in [-0.2, -0.15) is 0 Å². The summed E-state index contributed by atoms with van der Waals surface area (Å²) in [5.74, 6) is -0.183. The van der Waals surface area contributed by atoms with Gasteiger partial charge in [-0.05, 0) is 37.6 Å². The molecule has 1 fully saturated rings. The average Bonchev–Trinajstić information content (AvgIpc) is 2.07. The molecule has 0 spiro atoms. The van der Waals surface area contributed by atoms with E-state index in [1.54, 1.807) is 0 Å². The first-order valence-electron chi connectivity index (χ1n) is 5.31. The van der Waals surface area contributed by atoms with E-state index in [0.29, 0.717) is 0 Å². The van der Waals surface area contributed by atoms with Gasteiger partial charge >= 0.3 is 0 Å². The molecule has 3 heteroatoms. The normalized spacial score (nSPS) is 16.8. The lowest BCUT2D eigenvalue weighted by Gasteiger charge is -2.34. The van der Waals surface area contributed by atoms with E-state index in [4.69, 9.17) is 0 Å². The van der Waals surface area contributed by atoms with Gasteiger partial charge in [0.1, 0.15) is 5.82 Å². The molecule has 1 saturated carbocycles. The van der Waals surface area contributed by atoms with E-state index >= 15 is 0 Å². The molecule has 1 aliphatic carbocycles. The van der Waals surface area contributed by atoms with E-state index in [1.165, 1.54) is 31.4 Å². The van der Waals surface area contributed by atoms with Crippen LogP contribution in [0.1, 0.15) is 24.8 Å². The highest BCUT2D eigenvalue weighted by atomic mass is 79.9. The maximum Gasteiger partial charge on any atom is 0.124 e. The molecular formula is C12H15BrFN. The lowest BCUT2D eigenvalue weighted by molar-refractivity contribution is 0.152. The molecular weight excluding hydrogens is 257 g/mol. The second kappa shape index (κ2) is 4.62. The predicted molar refractivity (Wildman–Crippen MR) is 63.2 cm³/mol.